The Hall–Kier alpha value is -3.66. The number of carboxylic acid groups (broad SMARTS) is 1. The molecule has 10 nitrogen and oxygen atoms in total. The van der Waals surface area contributed by atoms with Gasteiger partial charge in [0.05, 0.1) is 13.2 Å². The molecule has 0 aliphatic heterocycles. The second kappa shape index (κ2) is 12.3. The van der Waals surface area contributed by atoms with E-state index < -0.39 is 24.5 Å². The van der Waals surface area contributed by atoms with Gasteiger partial charge in [-0.05, 0) is 44.2 Å². The van der Waals surface area contributed by atoms with Crippen LogP contribution < -0.4 is 31.0 Å². The lowest BCUT2D eigenvalue weighted by Gasteiger charge is -2.22. The van der Waals surface area contributed by atoms with Crippen molar-refractivity contribution in [1.82, 2.24) is 0 Å². The predicted octanol–water partition coefficient (Wildman–Crippen LogP) is 2.29. The van der Waals surface area contributed by atoms with E-state index in [2.05, 4.69) is 5.32 Å². The molecule has 1 amide bonds. The number of benzene rings is 2. The van der Waals surface area contributed by atoms with Crippen molar-refractivity contribution in [2.45, 2.75) is 19.9 Å². The number of nitrogens with one attached hydrogen (secondary N) is 2. The molecule has 1 unspecified atom stereocenters. The van der Waals surface area contributed by atoms with Gasteiger partial charge in [-0.3, -0.25) is 10.2 Å². The van der Waals surface area contributed by atoms with Gasteiger partial charge in [0.25, 0.3) is 5.91 Å². The zero-order valence-electron chi connectivity index (χ0n) is 17.7. The van der Waals surface area contributed by atoms with E-state index >= 15 is 0 Å². The molecule has 0 radical (unpaired) electrons. The van der Waals surface area contributed by atoms with Crippen LogP contribution in [0.5, 0.6) is 17.2 Å². The first-order valence-electron chi connectivity index (χ1n) is 9.55. The minimum atomic E-state index is -1.25. The third-order valence-electron chi connectivity index (χ3n) is 4.11. The van der Waals surface area contributed by atoms with E-state index in [1.165, 1.54) is 12.1 Å². The standard InChI is InChI=1S/C21H26N4O6.ClH/c1-3-29-16-9-14(15(31-11-18(22)26)10-17(16)30-4-2)19(21(27)28)25-13-7-5-12(6-8-13)20(23)24;/h5-10,19,25H,3-4,11H2,1-2H3,(H2,22,26)(H3,23,24)(H,27,28);1H. The van der Waals surface area contributed by atoms with Gasteiger partial charge in [-0.25, -0.2) is 4.79 Å². The van der Waals surface area contributed by atoms with E-state index in [4.69, 9.17) is 31.1 Å². The second-order valence-electron chi connectivity index (χ2n) is 6.36. The zero-order valence-corrected chi connectivity index (χ0v) is 18.5. The summed E-state index contributed by atoms with van der Waals surface area (Å²) in [7, 11) is 0. The number of hydrogen-bond acceptors (Lipinski definition) is 7. The number of carbonyl (C=O) groups is 2. The Morgan fingerprint density at radius 3 is 2.03 bits per heavy atom. The quantitative estimate of drug-likeness (QED) is 0.234. The third kappa shape index (κ3) is 6.95. The molecule has 0 bridgehead atoms. The molecule has 0 fully saturated rings. The Bertz CT molecular complexity index is 952. The Morgan fingerprint density at radius 2 is 1.56 bits per heavy atom. The molecule has 0 aromatic heterocycles. The Balaban J connectivity index is 0.00000512. The van der Waals surface area contributed by atoms with Crippen molar-refractivity contribution < 1.29 is 28.9 Å². The number of aliphatic carboxylic acids is 1. The molecular weight excluding hydrogens is 440 g/mol. The highest BCUT2D eigenvalue weighted by Gasteiger charge is 2.27. The topological polar surface area (TPSA) is 170 Å². The average Bonchev–Trinajstić information content (AvgIpc) is 2.72. The zero-order chi connectivity index (χ0) is 23.0. The number of carbonyl (C=O) groups excluding carboxylic acids is 1. The van der Waals surface area contributed by atoms with E-state index in [0.29, 0.717) is 36.0 Å². The van der Waals surface area contributed by atoms with Gasteiger partial charge in [0, 0.05) is 22.9 Å². The number of primary amides is 1. The van der Waals surface area contributed by atoms with Crippen LogP contribution >= 0.6 is 12.4 Å². The molecule has 2 aromatic rings. The highest BCUT2D eigenvalue weighted by atomic mass is 35.5. The number of anilines is 1. The van der Waals surface area contributed by atoms with E-state index in [1.807, 2.05) is 0 Å². The van der Waals surface area contributed by atoms with Gasteiger partial charge >= 0.3 is 5.97 Å². The summed E-state index contributed by atoms with van der Waals surface area (Å²) in [6, 6.07) is 8.13. The van der Waals surface area contributed by atoms with E-state index in [9.17, 15) is 14.7 Å². The summed E-state index contributed by atoms with van der Waals surface area (Å²) in [4.78, 5) is 23.3. The molecule has 1 atom stereocenters. The lowest BCUT2D eigenvalue weighted by atomic mass is 10.0. The monoisotopic (exact) mass is 466 g/mol. The van der Waals surface area contributed by atoms with Gasteiger partial charge in [-0.2, -0.15) is 0 Å². The SMILES string of the molecule is CCOc1cc(OCC(N)=O)c(C(Nc2ccc(C(=N)N)cc2)C(=O)O)cc1OCC.Cl. The fourth-order valence-corrected chi connectivity index (χ4v) is 2.78. The smallest absolute Gasteiger partial charge is 0.330 e. The lowest BCUT2D eigenvalue weighted by molar-refractivity contribution is -0.138. The van der Waals surface area contributed by atoms with Gasteiger partial charge in [0.15, 0.2) is 24.1 Å². The van der Waals surface area contributed by atoms with Crippen LogP contribution in [0.3, 0.4) is 0 Å². The van der Waals surface area contributed by atoms with Crippen molar-refractivity contribution in [3.63, 3.8) is 0 Å². The number of halogens is 1. The number of amides is 1. The Morgan fingerprint density at radius 1 is 1.00 bits per heavy atom. The molecule has 0 heterocycles. The summed E-state index contributed by atoms with van der Waals surface area (Å²) in [6.45, 7) is 3.82. The number of carboxylic acids is 1. The minimum absolute atomic E-state index is 0. The molecule has 2 aromatic carbocycles. The fraction of sp³-hybridized carbons (Fsp3) is 0.286. The van der Waals surface area contributed by atoms with Crippen LogP contribution in [-0.4, -0.2) is 42.6 Å². The molecule has 32 heavy (non-hydrogen) atoms. The summed E-state index contributed by atoms with van der Waals surface area (Å²) >= 11 is 0. The Labute approximate surface area is 191 Å². The Kier molecular flexibility index (Phi) is 10.1. The molecule has 7 N–H and O–H groups in total. The summed E-state index contributed by atoms with van der Waals surface area (Å²) in [5.74, 6) is -1.20. The molecular formula is C21H27ClN4O6. The third-order valence-corrected chi connectivity index (χ3v) is 4.11. The van der Waals surface area contributed by atoms with Crippen LogP contribution in [0.1, 0.15) is 31.0 Å². The van der Waals surface area contributed by atoms with Crippen molar-refractivity contribution in [3.05, 3.63) is 47.5 Å². The summed E-state index contributed by atoms with van der Waals surface area (Å²) in [5, 5.41) is 20.3. The lowest BCUT2D eigenvalue weighted by Crippen LogP contribution is -2.24. The number of amidine groups is 1. The maximum atomic E-state index is 12.1. The van der Waals surface area contributed by atoms with E-state index in [0.717, 1.165) is 0 Å². The fourth-order valence-electron chi connectivity index (χ4n) is 2.78. The first kappa shape index (κ1) is 26.4. The van der Waals surface area contributed by atoms with Crippen molar-refractivity contribution in [3.8, 4) is 17.2 Å². The first-order valence-corrected chi connectivity index (χ1v) is 9.55. The highest BCUT2D eigenvalue weighted by molar-refractivity contribution is 5.95. The van der Waals surface area contributed by atoms with Crippen LogP contribution in [0.25, 0.3) is 0 Å². The van der Waals surface area contributed by atoms with Gasteiger partial charge < -0.3 is 36.1 Å². The molecule has 174 valence electrons. The van der Waals surface area contributed by atoms with Crippen molar-refractivity contribution in [2.75, 3.05) is 25.1 Å². The predicted molar refractivity (Wildman–Crippen MR) is 122 cm³/mol. The number of nitrogen functional groups attached to an aromatic ring is 1. The highest BCUT2D eigenvalue weighted by Crippen LogP contribution is 2.39. The van der Waals surface area contributed by atoms with Crippen LogP contribution in [0.2, 0.25) is 0 Å². The second-order valence-corrected chi connectivity index (χ2v) is 6.36. The number of hydrogen-bond donors (Lipinski definition) is 5. The molecule has 0 saturated heterocycles. The van der Waals surface area contributed by atoms with Crippen molar-refractivity contribution >= 4 is 35.8 Å². The molecule has 0 saturated carbocycles. The summed E-state index contributed by atoms with van der Waals surface area (Å²) < 4.78 is 16.6. The summed E-state index contributed by atoms with van der Waals surface area (Å²) in [5.41, 5.74) is 11.8. The summed E-state index contributed by atoms with van der Waals surface area (Å²) in [6.07, 6.45) is 0. The van der Waals surface area contributed by atoms with Gasteiger partial charge in [0.2, 0.25) is 0 Å². The molecule has 0 aliphatic rings. The van der Waals surface area contributed by atoms with Crippen LogP contribution in [0, 0.1) is 5.41 Å². The van der Waals surface area contributed by atoms with E-state index in [1.54, 1.807) is 38.1 Å². The number of rotatable bonds is 12. The van der Waals surface area contributed by atoms with Crippen LogP contribution in [0.4, 0.5) is 5.69 Å². The maximum Gasteiger partial charge on any atom is 0.330 e. The number of nitrogens with two attached hydrogens (primary N) is 2. The van der Waals surface area contributed by atoms with Crippen LogP contribution in [0.15, 0.2) is 36.4 Å². The largest absolute Gasteiger partial charge is 0.490 e. The van der Waals surface area contributed by atoms with Crippen LogP contribution in [-0.2, 0) is 9.59 Å². The number of ether oxygens (including phenoxy) is 3. The molecule has 0 spiro atoms. The normalized spacial score (nSPS) is 10.9. The van der Waals surface area contributed by atoms with Crippen molar-refractivity contribution in [1.29, 1.82) is 5.41 Å². The molecule has 11 heteroatoms. The minimum Gasteiger partial charge on any atom is -0.490 e. The molecule has 0 aliphatic carbocycles. The van der Waals surface area contributed by atoms with Gasteiger partial charge in [-0.15, -0.1) is 12.4 Å². The first-order chi connectivity index (χ1) is 14.8. The van der Waals surface area contributed by atoms with Crippen molar-refractivity contribution in [2.24, 2.45) is 11.5 Å². The van der Waals surface area contributed by atoms with Gasteiger partial charge in [0.1, 0.15) is 11.6 Å². The van der Waals surface area contributed by atoms with Gasteiger partial charge in [-0.1, -0.05) is 0 Å². The maximum absolute atomic E-state index is 12.1. The average molecular weight is 467 g/mol. The van der Waals surface area contributed by atoms with E-state index in [-0.39, 0.29) is 29.6 Å². The molecule has 2 rings (SSSR count).